The highest BCUT2D eigenvalue weighted by Gasteiger charge is 2.30. The molecule has 1 unspecified atom stereocenters. The summed E-state index contributed by atoms with van der Waals surface area (Å²) in [5.74, 6) is -0.0317. The lowest BCUT2D eigenvalue weighted by Gasteiger charge is -2.21. The zero-order valence-electron chi connectivity index (χ0n) is 11.7. The van der Waals surface area contributed by atoms with Crippen molar-refractivity contribution < 1.29 is 13.9 Å². The van der Waals surface area contributed by atoms with Crippen molar-refractivity contribution in [1.29, 1.82) is 0 Å². The molecule has 0 radical (unpaired) electrons. The lowest BCUT2D eigenvalue weighted by atomic mass is 9.92. The second-order valence-electron chi connectivity index (χ2n) is 5.31. The van der Waals surface area contributed by atoms with E-state index in [0.717, 1.165) is 5.39 Å². The highest BCUT2D eigenvalue weighted by atomic mass is 35.5. The molecule has 0 bridgehead atoms. The molecule has 2 aromatic carbocycles. The minimum Gasteiger partial charge on any atom is -0.456 e. The number of furan rings is 1. The van der Waals surface area contributed by atoms with Crippen molar-refractivity contribution >= 4 is 22.6 Å². The number of hydrogen-bond acceptors (Lipinski definition) is 2. The molecule has 108 valence electrons. The van der Waals surface area contributed by atoms with E-state index in [-0.39, 0.29) is 5.82 Å². The highest BCUT2D eigenvalue weighted by Crippen LogP contribution is 2.36. The number of para-hydroxylation sites is 1. The van der Waals surface area contributed by atoms with E-state index in [2.05, 4.69) is 0 Å². The molecule has 1 N–H and O–H groups in total. The summed E-state index contributed by atoms with van der Waals surface area (Å²) in [5, 5.41) is 12.0. The molecule has 0 spiro atoms. The van der Waals surface area contributed by atoms with E-state index in [9.17, 15) is 9.50 Å². The van der Waals surface area contributed by atoms with Gasteiger partial charge in [0.2, 0.25) is 0 Å². The number of rotatable bonds is 2. The molecule has 4 heteroatoms. The molecule has 2 nitrogen and oxygen atoms in total. The lowest BCUT2D eigenvalue weighted by Crippen LogP contribution is -2.22. The first-order valence-electron chi connectivity index (χ1n) is 6.57. The standard InChI is InChI=1S/C17H14ClFO2/c1-10-6-7-12(9-14(10)19)17(2,20)15-8-11-4-3-5-13(18)16(11)21-15/h3-9,20H,1-2H3. The van der Waals surface area contributed by atoms with Crippen molar-refractivity contribution in [2.45, 2.75) is 19.4 Å². The molecule has 1 heterocycles. The molecule has 3 aromatic rings. The quantitative estimate of drug-likeness (QED) is 0.738. The van der Waals surface area contributed by atoms with Gasteiger partial charge in [0, 0.05) is 5.39 Å². The second kappa shape index (κ2) is 4.86. The third kappa shape index (κ3) is 2.33. The predicted octanol–water partition coefficient (Wildman–Crippen LogP) is 4.79. The van der Waals surface area contributed by atoms with Gasteiger partial charge in [0.25, 0.3) is 0 Å². The smallest absolute Gasteiger partial charge is 0.153 e. The van der Waals surface area contributed by atoms with Crippen LogP contribution in [0.3, 0.4) is 0 Å². The number of benzene rings is 2. The molecule has 0 aliphatic heterocycles. The average Bonchev–Trinajstić information content (AvgIpc) is 2.88. The zero-order valence-corrected chi connectivity index (χ0v) is 12.4. The van der Waals surface area contributed by atoms with Crippen LogP contribution in [0.5, 0.6) is 0 Å². The summed E-state index contributed by atoms with van der Waals surface area (Å²) >= 11 is 6.08. The Bertz CT molecular complexity index is 821. The monoisotopic (exact) mass is 304 g/mol. The highest BCUT2D eigenvalue weighted by molar-refractivity contribution is 6.34. The van der Waals surface area contributed by atoms with Crippen molar-refractivity contribution in [2.24, 2.45) is 0 Å². The molecular weight excluding hydrogens is 291 g/mol. The van der Waals surface area contributed by atoms with Gasteiger partial charge in [-0.05, 0) is 43.2 Å². The van der Waals surface area contributed by atoms with E-state index in [4.69, 9.17) is 16.0 Å². The first kappa shape index (κ1) is 14.1. The number of fused-ring (bicyclic) bond motifs is 1. The Morgan fingerprint density at radius 1 is 1.19 bits per heavy atom. The number of aliphatic hydroxyl groups is 1. The molecule has 0 saturated carbocycles. The predicted molar refractivity (Wildman–Crippen MR) is 81.0 cm³/mol. The molecule has 3 rings (SSSR count). The number of halogens is 2. The SMILES string of the molecule is Cc1ccc(C(C)(O)c2cc3cccc(Cl)c3o2)cc1F. The van der Waals surface area contributed by atoms with Crippen LogP contribution in [0.1, 0.15) is 23.8 Å². The van der Waals surface area contributed by atoms with Crippen molar-refractivity contribution in [3.05, 3.63) is 70.2 Å². The van der Waals surface area contributed by atoms with Crippen LogP contribution in [0.25, 0.3) is 11.0 Å². The van der Waals surface area contributed by atoms with Gasteiger partial charge >= 0.3 is 0 Å². The average molecular weight is 305 g/mol. The summed E-state index contributed by atoms with van der Waals surface area (Å²) in [6.45, 7) is 3.25. The largest absolute Gasteiger partial charge is 0.456 e. The van der Waals surface area contributed by atoms with Crippen LogP contribution in [0, 0.1) is 12.7 Å². The fourth-order valence-electron chi connectivity index (χ4n) is 2.31. The Hall–Kier alpha value is -1.84. The topological polar surface area (TPSA) is 33.4 Å². The Balaban J connectivity index is 2.14. The second-order valence-corrected chi connectivity index (χ2v) is 5.71. The van der Waals surface area contributed by atoms with Crippen LogP contribution >= 0.6 is 11.6 Å². The molecule has 0 aliphatic carbocycles. The zero-order chi connectivity index (χ0) is 15.2. The van der Waals surface area contributed by atoms with Crippen LogP contribution in [-0.4, -0.2) is 5.11 Å². The molecule has 1 aromatic heterocycles. The summed E-state index contributed by atoms with van der Waals surface area (Å²) in [6, 6.07) is 11.7. The van der Waals surface area contributed by atoms with Crippen LogP contribution in [0.15, 0.2) is 46.9 Å². The van der Waals surface area contributed by atoms with Crippen molar-refractivity contribution in [3.8, 4) is 0 Å². The van der Waals surface area contributed by atoms with E-state index in [1.54, 1.807) is 38.1 Å². The fraction of sp³-hybridized carbons (Fsp3) is 0.176. The summed E-state index contributed by atoms with van der Waals surface area (Å²) in [5.41, 5.74) is 0.0432. The van der Waals surface area contributed by atoms with E-state index < -0.39 is 5.60 Å². The first-order chi connectivity index (χ1) is 9.89. The van der Waals surface area contributed by atoms with E-state index in [0.29, 0.717) is 27.5 Å². The van der Waals surface area contributed by atoms with Crippen LogP contribution in [-0.2, 0) is 5.60 Å². The number of aryl methyl sites for hydroxylation is 1. The lowest BCUT2D eigenvalue weighted by molar-refractivity contribution is 0.0783. The number of hydrogen-bond donors (Lipinski definition) is 1. The third-order valence-electron chi connectivity index (χ3n) is 3.71. The maximum Gasteiger partial charge on any atom is 0.153 e. The molecule has 0 amide bonds. The summed E-state index contributed by atoms with van der Waals surface area (Å²) in [4.78, 5) is 0. The summed E-state index contributed by atoms with van der Waals surface area (Å²) in [6.07, 6.45) is 0. The maximum absolute atomic E-state index is 13.7. The van der Waals surface area contributed by atoms with Crippen LogP contribution in [0.2, 0.25) is 5.02 Å². The molecule has 1 atom stereocenters. The van der Waals surface area contributed by atoms with E-state index in [1.165, 1.54) is 6.07 Å². The summed E-state index contributed by atoms with van der Waals surface area (Å²) in [7, 11) is 0. The Morgan fingerprint density at radius 2 is 1.95 bits per heavy atom. The van der Waals surface area contributed by atoms with Gasteiger partial charge in [-0.2, -0.15) is 0 Å². The third-order valence-corrected chi connectivity index (χ3v) is 4.01. The minimum atomic E-state index is -1.43. The first-order valence-corrected chi connectivity index (χ1v) is 6.95. The van der Waals surface area contributed by atoms with E-state index >= 15 is 0 Å². The minimum absolute atomic E-state index is 0.328. The molecule has 0 aliphatic rings. The van der Waals surface area contributed by atoms with Crippen LogP contribution < -0.4 is 0 Å². The Morgan fingerprint density at radius 3 is 2.62 bits per heavy atom. The van der Waals surface area contributed by atoms with E-state index in [1.807, 2.05) is 12.1 Å². The molecule has 0 saturated heterocycles. The van der Waals surface area contributed by atoms with Gasteiger partial charge in [0.1, 0.15) is 17.2 Å². The van der Waals surface area contributed by atoms with Crippen molar-refractivity contribution in [1.82, 2.24) is 0 Å². The molecule has 21 heavy (non-hydrogen) atoms. The molecular formula is C17H14ClFO2. The van der Waals surface area contributed by atoms with Crippen molar-refractivity contribution in [2.75, 3.05) is 0 Å². The van der Waals surface area contributed by atoms with Gasteiger partial charge in [-0.1, -0.05) is 35.9 Å². The van der Waals surface area contributed by atoms with Crippen LogP contribution in [0.4, 0.5) is 4.39 Å². The van der Waals surface area contributed by atoms with Gasteiger partial charge in [0.05, 0.1) is 5.02 Å². The molecule has 0 fully saturated rings. The Kier molecular flexibility index (Phi) is 3.27. The Labute approximate surface area is 126 Å². The van der Waals surface area contributed by atoms with Gasteiger partial charge in [-0.25, -0.2) is 4.39 Å². The fourth-order valence-corrected chi connectivity index (χ4v) is 2.53. The van der Waals surface area contributed by atoms with Gasteiger partial charge in [0.15, 0.2) is 5.58 Å². The van der Waals surface area contributed by atoms with Crippen molar-refractivity contribution in [3.63, 3.8) is 0 Å². The van der Waals surface area contributed by atoms with Gasteiger partial charge in [-0.15, -0.1) is 0 Å². The normalized spacial score (nSPS) is 14.3. The van der Waals surface area contributed by atoms with Gasteiger partial charge < -0.3 is 9.52 Å². The summed E-state index contributed by atoms with van der Waals surface area (Å²) < 4.78 is 19.4. The maximum atomic E-state index is 13.7. The van der Waals surface area contributed by atoms with Gasteiger partial charge in [-0.3, -0.25) is 0 Å².